The Hall–Kier alpha value is -2.47. The lowest BCUT2D eigenvalue weighted by Crippen LogP contribution is -2.15. The summed E-state index contributed by atoms with van der Waals surface area (Å²) in [6, 6.07) is 7.90. The number of amides is 1. The number of benzene rings is 1. The van der Waals surface area contributed by atoms with Gasteiger partial charge >= 0.3 is 5.69 Å². The van der Waals surface area contributed by atoms with Crippen LogP contribution in [0.5, 0.6) is 0 Å². The first-order valence-corrected chi connectivity index (χ1v) is 6.46. The first-order valence-electron chi connectivity index (χ1n) is 6.08. The molecule has 1 N–H and O–H groups in total. The van der Waals surface area contributed by atoms with Crippen LogP contribution in [0, 0.1) is 24.0 Å². The number of hydrogen-bond donors (Lipinski definition) is 1. The van der Waals surface area contributed by atoms with Crippen LogP contribution in [-0.2, 0) is 0 Å². The number of pyridine rings is 1. The number of aromatic nitrogens is 1. The maximum atomic E-state index is 12.3. The summed E-state index contributed by atoms with van der Waals surface area (Å²) < 4.78 is 0. The minimum Gasteiger partial charge on any atom is -0.301 e. The highest BCUT2D eigenvalue weighted by Crippen LogP contribution is 2.25. The lowest BCUT2D eigenvalue weighted by atomic mass is 10.1. The fourth-order valence-electron chi connectivity index (χ4n) is 1.82. The van der Waals surface area contributed by atoms with Crippen molar-refractivity contribution in [2.75, 3.05) is 5.32 Å². The van der Waals surface area contributed by atoms with Crippen LogP contribution in [0.25, 0.3) is 0 Å². The molecule has 1 amide bonds. The van der Waals surface area contributed by atoms with E-state index >= 15 is 0 Å². The number of carbonyl (C=O) groups excluding carboxylic acids is 1. The van der Waals surface area contributed by atoms with E-state index in [1.54, 1.807) is 13.0 Å². The van der Waals surface area contributed by atoms with Crippen molar-refractivity contribution in [2.45, 2.75) is 13.8 Å². The van der Waals surface area contributed by atoms with Crippen molar-refractivity contribution < 1.29 is 9.72 Å². The topological polar surface area (TPSA) is 85.1 Å². The summed E-state index contributed by atoms with van der Waals surface area (Å²) in [5.74, 6) is -0.632. The second-order valence-electron chi connectivity index (χ2n) is 4.53. The molecule has 1 heterocycles. The number of hydrogen-bond acceptors (Lipinski definition) is 4. The number of nitrogens with one attached hydrogen (secondary N) is 1. The van der Waals surface area contributed by atoms with Crippen LogP contribution in [-0.4, -0.2) is 15.8 Å². The Morgan fingerprint density at radius 1 is 1.29 bits per heavy atom. The second-order valence-corrected chi connectivity index (χ2v) is 4.92. The highest BCUT2D eigenvalue weighted by molar-refractivity contribution is 6.29. The maximum absolute atomic E-state index is 12.3. The van der Waals surface area contributed by atoms with E-state index in [-0.39, 0.29) is 16.7 Å². The van der Waals surface area contributed by atoms with Crippen molar-refractivity contribution in [2.24, 2.45) is 0 Å². The summed E-state index contributed by atoms with van der Waals surface area (Å²) in [6.45, 7) is 3.64. The summed E-state index contributed by atoms with van der Waals surface area (Å²) in [7, 11) is 0. The minimum atomic E-state index is -0.623. The summed E-state index contributed by atoms with van der Waals surface area (Å²) in [4.78, 5) is 26.4. The fraction of sp³-hybridized carbons (Fsp3) is 0.143. The fourth-order valence-corrected chi connectivity index (χ4v) is 1.97. The summed E-state index contributed by atoms with van der Waals surface area (Å²) in [6.07, 6.45) is 0. The third-order valence-electron chi connectivity index (χ3n) is 2.91. The lowest BCUT2D eigenvalue weighted by molar-refractivity contribution is -0.384. The van der Waals surface area contributed by atoms with Crippen LogP contribution in [0.1, 0.15) is 21.5 Å². The molecule has 0 aliphatic rings. The van der Waals surface area contributed by atoms with E-state index in [9.17, 15) is 14.9 Å². The highest BCUT2D eigenvalue weighted by atomic mass is 35.5. The average molecular weight is 306 g/mol. The van der Waals surface area contributed by atoms with Crippen molar-refractivity contribution in [3.63, 3.8) is 0 Å². The molecule has 0 saturated carbocycles. The van der Waals surface area contributed by atoms with Gasteiger partial charge in [-0.3, -0.25) is 14.9 Å². The van der Waals surface area contributed by atoms with E-state index in [2.05, 4.69) is 10.3 Å². The van der Waals surface area contributed by atoms with E-state index in [4.69, 9.17) is 11.6 Å². The third kappa shape index (κ3) is 3.35. The second kappa shape index (κ2) is 5.88. The standard InChI is InChI=1S/C14H12ClN3O3/c1-8-3-4-9(2)10(7-8)14(19)17-13-11(18(20)21)5-6-12(15)16-13/h3-7H,1-2H3,(H,16,17,19). The van der Waals surface area contributed by atoms with Crippen LogP contribution in [0.3, 0.4) is 0 Å². The monoisotopic (exact) mass is 305 g/mol. The van der Waals surface area contributed by atoms with Gasteiger partial charge in [0.2, 0.25) is 5.82 Å². The van der Waals surface area contributed by atoms with Gasteiger partial charge in [-0.1, -0.05) is 29.3 Å². The number of carbonyl (C=O) groups is 1. The molecule has 0 aliphatic carbocycles. The number of anilines is 1. The molecule has 0 atom stereocenters. The van der Waals surface area contributed by atoms with Crippen molar-refractivity contribution in [3.05, 3.63) is 62.3 Å². The van der Waals surface area contributed by atoms with Crippen LogP contribution >= 0.6 is 11.6 Å². The number of nitrogens with zero attached hydrogens (tertiary/aromatic N) is 2. The van der Waals surface area contributed by atoms with Gasteiger partial charge in [0.1, 0.15) is 5.15 Å². The van der Waals surface area contributed by atoms with E-state index in [1.165, 1.54) is 12.1 Å². The molecule has 0 spiro atoms. The molecule has 2 rings (SSSR count). The summed E-state index contributed by atoms with van der Waals surface area (Å²) in [5, 5.41) is 13.5. The molecule has 21 heavy (non-hydrogen) atoms. The minimum absolute atomic E-state index is 0.0665. The van der Waals surface area contributed by atoms with Gasteiger partial charge in [-0.2, -0.15) is 0 Å². The van der Waals surface area contributed by atoms with E-state index in [0.29, 0.717) is 5.56 Å². The smallest absolute Gasteiger partial charge is 0.301 e. The van der Waals surface area contributed by atoms with Crippen molar-refractivity contribution >= 4 is 29.0 Å². The summed E-state index contributed by atoms with van der Waals surface area (Å²) >= 11 is 5.72. The van der Waals surface area contributed by atoms with Gasteiger partial charge in [0.25, 0.3) is 5.91 Å². The van der Waals surface area contributed by atoms with E-state index in [0.717, 1.165) is 11.1 Å². The van der Waals surface area contributed by atoms with Gasteiger partial charge in [0.15, 0.2) is 0 Å². The Morgan fingerprint density at radius 3 is 2.67 bits per heavy atom. The molecule has 0 unspecified atom stereocenters. The molecule has 0 saturated heterocycles. The Morgan fingerprint density at radius 2 is 2.00 bits per heavy atom. The molecule has 7 heteroatoms. The number of halogens is 1. The molecule has 0 radical (unpaired) electrons. The Labute approximate surface area is 125 Å². The Balaban J connectivity index is 2.38. The molecule has 0 bridgehead atoms. The predicted octanol–water partition coefficient (Wildman–Crippen LogP) is 3.51. The van der Waals surface area contributed by atoms with E-state index in [1.807, 2.05) is 19.1 Å². The third-order valence-corrected chi connectivity index (χ3v) is 3.12. The molecule has 1 aromatic carbocycles. The summed E-state index contributed by atoms with van der Waals surface area (Å²) in [5.41, 5.74) is 1.81. The van der Waals surface area contributed by atoms with Crippen LogP contribution in [0.4, 0.5) is 11.5 Å². The molecule has 2 aromatic rings. The van der Waals surface area contributed by atoms with Crippen LogP contribution < -0.4 is 5.32 Å². The number of aryl methyl sites for hydroxylation is 2. The zero-order chi connectivity index (χ0) is 15.6. The van der Waals surface area contributed by atoms with Crippen molar-refractivity contribution in [3.8, 4) is 0 Å². The zero-order valence-electron chi connectivity index (χ0n) is 11.4. The van der Waals surface area contributed by atoms with Gasteiger partial charge in [-0.25, -0.2) is 4.98 Å². The average Bonchev–Trinajstić information content (AvgIpc) is 2.41. The molecule has 1 aromatic heterocycles. The largest absolute Gasteiger partial charge is 0.311 e. The predicted molar refractivity (Wildman–Crippen MR) is 79.8 cm³/mol. The number of rotatable bonds is 3. The van der Waals surface area contributed by atoms with Gasteiger partial charge in [0, 0.05) is 11.6 Å². The molecular formula is C14H12ClN3O3. The maximum Gasteiger partial charge on any atom is 0.311 e. The van der Waals surface area contributed by atoms with Crippen molar-refractivity contribution in [1.82, 2.24) is 4.98 Å². The van der Waals surface area contributed by atoms with Gasteiger partial charge in [-0.15, -0.1) is 0 Å². The van der Waals surface area contributed by atoms with E-state index < -0.39 is 10.8 Å². The normalized spacial score (nSPS) is 10.2. The van der Waals surface area contributed by atoms with Gasteiger partial charge < -0.3 is 5.32 Å². The molecule has 108 valence electrons. The lowest BCUT2D eigenvalue weighted by Gasteiger charge is -2.08. The molecule has 0 aliphatic heterocycles. The van der Waals surface area contributed by atoms with Crippen LogP contribution in [0.2, 0.25) is 5.15 Å². The first-order chi connectivity index (χ1) is 9.88. The van der Waals surface area contributed by atoms with Gasteiger partial charge in [-0.05, 0) is 31.5 Å². The molecular weight excluding hydrogens is 294 g/mol. The number of nitro groups is 1. The molecule has 0 fully saturated rings. The van der Waals surface area contributed by atoms with Crippen LogP contribution in [0.15, 0.2) is 30.3 Å². The quantitative estimate of drug-likeness (QED) is 0.534. The SMILES string of the molecule is Cc1ccc(C)c(C(=O)Nc2nc(Cl)ccc2[N+](=O)[O-])c1. The van der Waals surface area contributed by atoms with Crippen molar-refractivity contribution in [1.29, 1.82) is 0 Å². The van der Waals surface area contributed by atoms with Gasteiger partial charge in [0.05, 0.1) is 4.92 Å². The molecule has 6 nitrogen and oxygen atoms in total. The Kier molecular flexibility index (Phi) is 4.18. The Bertz CT molecular complexity index is 731. The highest BCUT2D eigenvalue weighted by Gasteiger charge is 2.19. The zero-order valence-corrected chi connectivity index (χ0v) is 12.1. The first kappa shape index (κ1) is 14.9.